The summed E-state index contributed by atoms with van der Waals surface area (Å²) in [5, 5.41) is 22.9. The Morgan fingerprint density at radius 2 is 1.68 bits per heavy atom. The van der Waals surface area contributed by atoms with E-state index in [4.69, 9.17) is 9.73 Å². The smallest absolute Gasteiger partial charge is 0.306 e. The van der Waals surface area contributed by atoms with Crippen LogP contribution in [0.5, 0.6) is 0 Å². The van der Waals surface area contributed by atoms with Crippen molar-refractivity contribution in [3.05, 3.63) is 135 Å². The van der Waals surface area contributed by atoms with Gasteiger partial charge in [0.25, 0.3) is 15.9 Å². The molecule has 0 aliphatic carbocycles. The number of nitriles is 1. The van der Waals surface area contributed by atoms with Crippen molar-refractivity contribution in [1.29, 1.82) is 5.26 Å². The van der Waals surface area contributed by atoms with Crippen molar-refractivity contribution in [2.24, 2.45) is 4.99 Å². The summed E-state index contributed by atoms with van der Waals surface area (Å²) >= 11 is 1.66. The Kier molecular flexibility index (Phi) is 11.3. The summed E-state index contributed by atoms with van der Waals surface area (Å²) in [4.78, 5) is 44.3. The van der Waals surface area contributed by atoms with Crippen LogP contribution in [-0.2, 0) is 26.1 Å². The lowest BCUT2D eigenvalue weighted by Gasteiger charge is -2.20. The quantitative estimate of drug-likeness (QED) is 0.106. The molecule has 1 aliphatic heterocycles. The lowest BCUT2D eigenvalue weighted by Crippen LogP contribution is -2.24. The summed E-state index contributed by atoms with van der Waals surface area (Å²) in [5.41, 5.74) is 7.47. The molecule has 1 atom stereocenters. The number of hydrogen-bond acceptors (Lipinski definition) is 12. The van der Waals surface area contributed by atoms with Crippen molar-refractivity contribution in [3.63, 3.8) is 0 Å². The zero-order valence-corrected chi connectivity index (χ0v) is 37.3. The number of esters is 1. The number of sulfonamides is 1. The van der Waals surface area contributed by atoms with E-state index in [1.54, 1.807) is 48.0 Å². The Balaban J connectivity index is 0.945. The van der Waals surface area contributed by atoms with Gasteiger partial charge in [-0.15, -0.1) is 21.5 Å². The average Bonchev–Trinajstić information content (AvgIpc) is 3.93. The van der Waals surface area contributed by atoms with Crippen LogP contribution in [0.4, 0.5) is 5.69 Å². The summed E-state index contributed by atoms with van der Waals surface area (Å²) in [7, 11) is -3.96. The predicted octanol–water partition coefficient (Wildman–Crippen LogP) is 8.12. The van der Waals surface area contributed by atoms with Crippen LogP contribution in [0.25, 0.3) is 27.2 Å². The van der Waals surface area contributed by atoms with Crippen LogP contribution in [0.15, 0.2) is 89.1 Å². The number of rotatable bonds is 11. The molecular formula is C46H44N10O5S2. The van der Waals surface area contributed by atoms with E-state index in [9.17, 15) is 23.3 Å². The van der Waals surface area contributed by atoms with Gasteiger partial charge >= 0.3 is 5.97 Å². The normalized spacial score (nSPS) is 13.7. The first-order valence-electron chi connectivity index (χ1n) is 20.2. The van der Waals surface area contributed by atoms with Crippen LogP contribution in [0, 0.1) is 39.0 Å². The fourth-order valence-corrected chi connectivity index (χ4v) is 9.76. The van der Waals surface area contributed by atoms with E-state index in [0.29, 0.717) is 45.7 Å². The Labute approximate surface area is 368 Å². The molecule has 4 aromatic heterocycles. The number of thiophene rings is 1. The molecule has 320 valence electrons. The van der Waals surface area contributed by atoms with Crippen LogP contribution in [0.3, 0.4) is 0 Å². The van der Waals surface area contributed by atoms with Crippen LogP contribution < -0.4 is 10.0 Å². The second-order valence-corrected chi connectivity index (χ2v) is 19.2. The van der Waals surface area contributed by atoms with E-state index in [1.807, 2.05) is 58.9 Å². The van der Waals surface area contributed by atoms with Gasteiger partial charge in [0, 0.05) is 46.1 Å². The molecule has 63 heavy (non-hydrogen) atoms. The van der Waals surface area contributed by atoms with E-state index < -0.39 is 27.6 Å². The minimum atomic E-state index is -3.96. The molecular weight excluding hydrogens is 837 g/mol. The van der Waals surface area contributed by atoms with Gasteiger partial charge in [0.05, 0.1) is 45.5 Å². The van der Waals surface area contributed by atoms with Gasteiger partial charge in [-0.1, -0.05) is 42.5 Å². The monoisotopic (exact) mass is 880 g/mol. The molecule has 0 unspecified atom stereocenters. The van der Waals surface area contributed by atoms with Crippen molar-refractivity contribution >= 4 is 55.5 Å². The Bertz CT molecular complexity index is 3100. The van der Waals surface area contributed by atoms with Crippen molar-refractivity contribution in [2.45, 2.75) is 84.4 Å². The molecule has 7 aromatic rings. The van der Waals surface area contributed by atoms with E-state index >= 15 is 0 Å². The van der Waals surface area contributed by atoms with Crippen LogP contribution in [0.2, 0.25) is 0 Å². The van der Waals surface area contributed by atoms with Crippen molar-refractivity contribution in [2.75, 3.05) is 4.72 Å². The highest BCUT2D eigenvalue weighted by molar-refractivity contribution is 7.92. The summed E-state index contributed by atoms with van der Waals surface area (Å²) < 4.78 is 36.9. The molecule has 17 heteroatoms. The number of aliphatic imine (C=N–C) groups is 1. The van der Waals surface area contributed by atoms with Crippen molar-refractivity contribution in [3.8, 4) is 22.3 Å². The van der Waals surface area contributed by atoms with Crippen LogP contribution in [-0.4, -0.2) is 61.3 Å². The minimum absolute atomic E-state index is 0.0383. The molecule has 0 spiro atoms. The molecule has 5 heterocycles. The van der Waals surface area contributed by atoms with Crippen LogP contribution >= 0.6 is 11.3 Å². The maximum Gasteiger partial charge on any atom is 0.306 e. The average molecular weight is 881 g/mol. The number of aromatic nitrogens is 6. The Morgan fingerprint density at radius 3 is 2.37 bits per heavy atom. The molecule has 15 nitrogen and oxygen atoms in total. The summed E-state index contributed by atoms with van der Waals surface area (Å²) in [5.74, 6) is 0.677. The predicted molar refractivity (Wildman–Crippen MR) is 241 cm³/mol. The number of aromatic amines is 1. The SMILES string of the molecule is Cc1sc2c(c1C)C(c1ccc(-c3cnc(C(=O)NCc4ccc(S(=O)(=O)Nc5ccc(C)c6c(C#N)c[nH]c56)cc4)cn3)cc1)=N[C@@H](CCC(=O)OC(C)(C)C)c1nnc(C)n1-2. The second kappa shape index (κ2) is 16.7. The van der Waals surface area contributed by atoms with Gasteiger partial charge in [-0.3, -0.25) is 28.9 Å². The van der Waals surface area contributed by atoms with E-state index in [1.165, 1.54) is 18.3 Å². The number of H-pyrrole nitrogens is 1. The molecule has 3 aromatic carbocycles. The third kappa shape index (κ3) is 8.59. The van der Waals surface area contributed by atoms with Gasteiger partial charge in [-0.05, 0) is 89.8 Å². The fourth-order valence-electron chi connectivity index (χ4n) is 7.48. The van der Waals surface area contributed by atoms with Gasteiger partial charge in [0.1, 0.15) is 34.2 Å². The van der Waals surface area contributed by atoms with Crippen molar-refractivity contribution < 1.29 is 22.7 Å². The first-order valence-corrected chi connectivity index (χ1v) is 22.5. The number of aryl methyl sites for hydroxylation is 3. The third-order valence-electron chi connectivity index (χ3n) is 10.7. The molecule has 0 radical (unpaired) electrons. The highest BCUT2D eigenvalue weighted by Gasteiger charge is 2.32. The molecule has 8 rings (SSSR count). The summed E-state index contributed by atoms with van der Waals surface area (Å²) in [6, 6.07) is 19.1. The maximum absolute atomic E-state index is 13.3. The number of carbonyl (C=O) groups is 2. The van der Waals surface area contributed by atoms with Crippen LogP contribution in [0.1, 0.15) is 100 Å². The zero-order valence-electron chi connectivity index (χ0n) is 35.7. The molecule has 3 N–H and O–H groups in total. The number of amides is 1. The van der Waals surface area contributed by atoms with E-state index in [2.05, 4.69) is 59.7 Å². The number of anilines is 1. The van der Waals surface area contributed by atoms with Gasteiger partial charge < -0.3 is 15.0 Å². The van der Waals surface area contributed by atoms with Gasteiger partial charge in [-0.2, -0.15) is 5.26 Å². The lowest BCUT2D eigenvalue weighted by molar-refractivity contribution is -0.155. The molecule has 0 saturated carbocycles. The van der Waals surface area contributed by atoms with E-state index in [0.717, 1.165) is 49.2 Å². The molecule has 1 amide bonds. The third-order valence-corrected chi connectivity index (χ3v) is 13.3. The van der Waals surface area contributed by atoms with Gasteiger partial charge in [0.15, 0.2) is 5.82 Å². The van der Waals surface area contributed by atoms with E-state index in [-0.39, 0.29) is 29.5 Å². The molecule has 0 bridgehead atoms. The molecule has 0 fully saturated rings. The topological polar surface area (TPSA) is 210 Å². The number of ether oxygens (including phenoxy) is 1. The largest absolute Gasteiger partial charge is 0.460 e. The summed E-state index contributed by atoms with van der Waals surface area (Å²) in [6.07, 6.45) is 5.07. The first-order chi connectivity index (χ1) is 30.0. The fraction of sp³-hybridized carbons (Fsp3) is 0.261. The second-order valence-electron chi connectivity index (χ2n) is 16.3. The maximum atomic E-state index is 13.3. The number of fused-ring (bicyclic) bond motifs is 4. The first kappa shape index (κ1) is 42.7. The summed E-state index contributed by atoms with van der Waals surface area (Å²) in [6.45, 7) is 13.6. The minimum Gasteiger partial charge on any atom is -0.460 e. The van der Waals surface area contributed by atoms with Crippen molar-refractivity contribution in [1.82, 2.24) is 35.0 Å². The van der Waals surface area contributed by atoms with Gasteiger partial charge in [-0.25, -0.2) is 13.4 Å². The highest BCUT2D eigenvalue weighted by atomic mass is 32.2. The lowest BCUT2D eigenvalue weighted by atomic mass is 9.98. The molecule has 0 saturated heterocycles. The Morgan fingerprint density at radius 1 is 0.952 bits per heavy atom. The number of benzene rings is 3. The number of nitrogens with zero attached hydrogens (tertiary/aromatic N) is 7. The Hall–Kier alpha value is -7.03. The van der Waals surface area contributed by atoms with Gasteiger partial charge in [0.2, 0.25) is 0 Å². The zero-order chi connectivity index (χ0) is 44.8. The highest BCUT2D eigenvalue weighted by Crippen LogP contribution is 2.40. The standard InChI is InChI=1S/C46H44N10O5S2/c1-25-8-17-34(42-39(25)32(20-47)22-50-42)55-63(59,60)33-15-9-29(10-16-33)21-51-44(58)37-24-48-36(23-49-37)30-11-13-31(14-12-30)41-40-26(2)27(3)62-45(40)56-28(4)53-54-43(56)35(52-41)18-19-38(57)61-46(5,6)7/h8-17,22-24,35,50,55H,18-19,21H2,1-7H3,(H,51,58)/t35-/m0/s1. The molecule has 1 aliphatic rings. The number of carbonyl (C=O) groups excluding carboxylic acids is 2. The number of nitrogens with one attached hydrogen (secondary N) is 3. The number of hydrogen-bond donors (Lipinski definition) is 3.